The minimum atomic E-state index is -0.00431. The van der Waals surface area contributed by atoms with Crippen LogP contribution in [0, 0.1) is 0 Å². The summed E-state index contributed by atoms with van der Waals surface area (Å²) >= 11 is 0. The quantitative estimate of drug-likeness (QED) is 0.426. The van der Waals surface area contributed by atoms with Gasteiger partial charge in [0.25, 0.3) is 0 Å². The van der Waals surface area contributed by atoms with Crippen LogP contribution in [0.25, 0.3) is 6.08 Å². The Morgan fingerprint density at radius 1 is 0.871 bits per heavy atom. The van der Waals surface area contributed by atoms with Gasteiger partial charge in [-0.05, 0) is 68.8 Å². The average molecular weight is 412 g/mol. The van der Waals surface area contributed by atoms with Gasteiger partial charge in [-0.15, -0.1) is 0 Å². The summed E-state index contributed by atoms with van der Waals surface area (Å²) in [5.74, 6) is 0.902. The molecule has 0 N–H and O–H groups in total. The summed E-state index contributed by atoms with van der Waals surface area (Å²) in [6.07, 6.45) is 4.46. The van der Waals surface area contributed by atoms with Crippen LogP contribution in [0.4, 0.5) is 17.1 Å². The maximum absolute atomic E-state index is 5.54. The largest absolute Gasteiger partial charge is 0.494 e. The lowest BCUT2D eigenvalue weighted by Gasteiger charge is -2.20. The molecule has 0 radical (unpaired) electrons. The number of benzene rings is 3. The van der Waals surface area contributed by atoms with Crippen LogP contribution in [0.1, 0.15) is 31.9 Å². The molecule has 0 saturated heterocycles. The summed E-state index contributed by atoms with van der Waals surface area (Å²) in [6, 6.07) is 25.6. The Labute approximate surface area is 185 Å². The zero-order valence-corrected chi connectivity index (χ0v) is 19.1. The molecule has 0 unspecified atom stereocenters. The van der Waals surface area contributed by atoms with Gasteiger partial charge in [-0.1, -0.05) is 30.3 Å². The Morgan fingerprint density at radius 3 is 2.10 bits per heavy atom. The van der Waals surface area contributed by atoms with Crippen LogP contribution < -0.4 is 9.64 Å². The van der Waals surface area contributed by atoms with Gasteiger partial charge in [0, 0.05) is 36.1 Å². The molecule has 0 saturated carbocycles. The molecule has 0 fully saturated rings. The molecule has 158 valence electrons. The van der Waals surface area contributed by atoms with Crippen LogP contribution in [-0.4, -0.2) is 31.0 Å². The number of anilines is 2. The Hall–Kier alpha value is -3.33. The number of nitrogens with zero attached hydrogens (tertiary/aromatic N) is 2. The number of fused-ring (bicyclic) bond motifs is 1. The summed E-state index contributed by atoms with van der Waals surface area (Å²) < 4.78 is 7.85. The molecule has 0 spiro atoms. The lowest BCUT2D eigenvalue weighted by Crippen LogP contribution is -2.26. The highest BCUT2D eigenvalue weighted by molar-refractivity contribution is 6.05. The molecule has 0 aromatic heterocycles. The molecule has 1 heterocycles. The van der Waals surface area contributed by atoms with Crippen LogP contribution in [0.3, 0.4) is 0 Å². The molecule has 1 aliphatic rings. The van der Waals surface area contributed by atoms with Crippen LogP contribution >= 0.6 is 0 Å². The second-order valence-electron chi connectivity index (χ2n) is 8.50. The molecule has 0 amide bonds. The fourth-order valence-electron chi connectivity index (χ4n) is 4.37. The molecular formula is C28H31N2O+. The number of para-hydroxylation sites is 1. The van der Waals surface area contributed by atoms with Gasteiger partial charge in [0.05, 0.1) is 12.0 Å². The molecule has 0 aliphatic carbocycles. The fraction of sp³-hybridized carbons (Fsp3) is 0.250. The molecule has 1 aliphatic heterocycles. The first-order chi connectivity index (χ1) is 14.9. The Bertz CT molecular complexity index is 1120. The average Bonchev–Trinajstić information content (AvgIpc) is 2.98. The third-order valence-corrected chi connectivity index (χ3v) is 6.19. The second kappa shape index (κ2) is 8.43. The van der Waals surface area contributed by atoms with Crippen molar-refractivity contribution in [2.45, 2.75) is 26.2 Å². The molecule has 0 bridgehead atoms. The third-order valence-electron chi connectivity index (χ3n) is 6.19. The summed E-state index contributed by atoms with van der Waals surface area (Å²) in [5.41, 5.74) is 7.45. The van der Waals surface area contributed by atoms with Gasteiger partial charge >= 0.3 is 0 Å². The van der Waals surface area contributed by atoms with Crippen molar-refractivity contribution < 1.29 is 9.31 Å². The smallest absolute Gasteiger partial charge is 0.209 e. The highest BCUT2D eigenvalue weighted by Gasteiger charge is 2.42. The van der Waals surface area contributed by atoms with Crippen LogP contribution in [0.5, 0.6) is 5.75 Å². The van der Waals surface area contributed by atoms with Crippen molar-refractivity contribution in [1.82, 2.24) is 0 Å². The first-order valence-corrected chi connectivity index (χ1v) is 10.9. The van der Waals surface area contributed by atoms with Crippen LogP contribution in [0.15, 0.2) is 78.9 Å². The molecule has 4 rings (SSSR count). The predicted molar refractivity (Wildman–Crippen MR) is 131 cm³/mol. The van der Waals surface area contributed by atoms with E-state index in [1.807, 2.05) is 19.1 Å². The topological polar surface area (TPSA) is 15.5 Å². The number of allylic oxidation sites excluding steroid dienone is 1. The first-order valence-electron chi connectivity index (χ1n) is 10.9. The van der Waals surface area contributed by atoms with Gasteiger partial charge in [0.1, 0.15) is 12.8 Å². The van der Waals surface area contributed by atoms with E-state index >= 15 is 0 Å². The van der Waals surface area contributed by atoms with Gasteiger partial charge < -0.3 is 9.64 Å². The van der Waals surface area contributed by atoms with E-state index in [-0.39, 0.29) is 5.41 Å². The molecule has 3 aromatic carbocycles. The molecule has 3 aromatic rings. The minimum absolute atomic E-state index is 0.00431. The monoisotopic (exact) mass is 411 g/mol. The van der Waals surface area contributed by atoms with Crippen molar-refractivity contribution in [1.29, 1.82) is 0 Å². The van der Waals surface area contributed by atoms with Crippen molar-refractivity contribution in [2.24, 2.45) is 0 Å². The zero-order valence-electron chi connectivity index (χ0n) is 19.1. The van der Waals surface area contributed by atoms with E-state index in [2.05, 4.69) is 110 Å². The Kier molecular flexibility index (Phi) is 5.69. The highest BCUT2D eigenvalue weighted by atomic mass is 16.5. The van der Waals surface area contributed by atoms with Gasteiger partial charge in [-0.3, -0.25) is 0 Å². The lowest BCUT2D eigenvalue weighted by molar-refractivity contribution is -0.401. The van der Waals surface area contributed by atoms with Gasteiger partial charge in [0.2, 0.25) is 5.69 Å². The highest BCUT2D eigenvalue weighted by Crippen LogP contribution is 2.39. The van der Waals surface area contributed by atoms with E-state index in [1.54, 1.807) is 0 Å². The Balaban J connectivity index is 1.51. The summed E-state index contributed by atoms with van der Waals surface area (Å²) in [4.78, 5) is 2.18. The summed E-state index contributed by atoms with van der Waals surface area (Å²) in [6.45, 7) is 7.27. The van der Waals surface area contributed by atoms with E-state index in [0.717, 1.165) is 17.1 Å². The summed E-state index contributed by atoms with van der Waals surface area (Å²) in [5, 5.41) is 0. The maximum atomic E-state index is 5.54. The van der Waals surface area contributed by atoms with E-state index < -0.39 is 0 Å². The zero-order chi connectivity index (χ0) is 22.0. The maximum Gasteiger partial charge on any atom is 0.209 e. The number of hydrogen-bond acceptors (Lipinski definition) is 2. The van der Waals surface area contributed by atoms with Gasteiger partial charge in [0.15, 0.2) is 5.71 Å². The predicted octanol–water partition coefficient (Wildman–Crippen LogP) is 6.57. The third kappa shape index (κ3) is 4.00. The molecule has 3 heteroatoms. The lowest BCUT2D eigenvalue weighted by atomic mass is 9.81. The standard InChI is InChI=1S/C28H31N2O/c1-6-31-24-18-16-23(17-19-24)29(4)22-14-11-21(12-15-22)13-20-27-28(2,3)25-9-7-8-10-26(25)30(27)5/h7-20H,6H2,1-5H3/q+1. The van der Waals surface area contributed by atoms with E-state index in [0.29, 0.717) is 6.61 Å². The van der Waals surface area contributed by atoms with Crippen LogP contribution in [-0.2, 0) is 5.41 Å². The SMILES string of the molecule is CCOc1ccc(N(C)c2ccc(/C=C/C3=[N+](C)c4ccccc4C3(C)C)cc2)cc1. The van der Waals surface area contributed by atoms with Crippen molar-refractivity contribution in [3.63, 3.8) is 0 Å². The van der Waals surface area contributed by atoms with E-state index in [9.17, 15) is 0 Å². The van der Waals surface area contributed by atoms with Crippen molar-refractivity contribution in [3.05, 3.63) is 90.0 Å². The van der Waals surface area contributed by atoms with Crippen molar-refractivity contribution in [2.75, 3.05) is 25.6 Å². The van der Waals surface area contributed by atoms with Crippen LogP contribution in [0.2, 0.25) is 0 Å². The Morgan fingerprint density at radius 2 is 1.48 bits per heavy atom. The van der Waals surface area contributed by atoms with E-state index in [1.165, 1.54) is 22.5 Å². The van der Waals surface area contributed by atoms with E-state index in [4.69, 9.17) is 4.74 Å². The normalized spacial score (nSPS) is 14.7. The second-order valence-corrected chi connectivity index (χ2v) is 8.50. The van der Waals surface area contributed by atoms with Crippen molar-refractivity contribution in [3.8, 4) is 5.75 Å². The number of ether oxygens (including phenoxy) is 1. The molecule has 0 atom stereocenters. The number of hydrogen-bond donors (Lipinski definition) is 0. The molecular weight excluding hydrogens is 380 g/mol. The minimum Gasteiger partial charge on any atom is -0.494 e. The molecule has 3 nitrogen and oxygen atoms in total. The summed E-state index contributed by atoms with van der Waals surface area (Å²) in [7, 11) is 4.24. The number of rotatable bonds is 6. The molecule has 31 heavy (non-hydrogen) atoms. The fourth-order valence-corrected chi connectivity index (χ4v) is 4.37. The van der Waals surface area contributed by atoms with Crippen molar-refractivity contribution >= 4 is 28.8 Å². The van der Waals surface area contributed by atoms with Gasteiger partial charge in [-0.2, -0.15) is 4.58 Å². The first kappa shape index (κ1) is 20.9. The van der Waals surface area contributed by atoms with Gasteiger partial charge in [-0.25, -0.2) is 0 Å².